The third kappa shape index (κ3) is 4.87. The van der Waals surface area contributed by atoms with E-state index in [9.17, 15) is 0 Å². The van der Waals surface area contributed by atoms with Crippen LogP contribution in [0.1, 0.15) is 13.8 Å². The Hall–Kier alpha value is -0.990. The lowest BCUT2D eigenvalue weighted by Crippen LogP contribution is -1.82. The lowest BCUT2D eigenvalue weighted by molar-refractivity contribution is 0.267. The normalized spacial score (nSPS) is 12.4. The highest BCUT2D eigenvalue weighted by Crippen LogP contribution is 1.87. The predicted molar refractivity (Wildman–Crippen MR) is 35.7 cm³/mol. The first-order chi connectivity index (χ1) is 4.31. The summed E-state index contributed by atoms with van der Waals surface area (Å²) in [4.78, 5) is 0. The lowest BCUT2D eigenvalue weighted by atomic mass is 10.4. The predicted octanol–water partition coefficient (Wildman–Crippen LogP) is 1.39. The van der Waals surface area contributed by atoms with Gasteiger partial charge in [0.05, 0.1) is 19.1 Å². The third-order valence-corrected chi connectivity index (χ3v) is 0.697. The zero-order valence-corrected chi connectivity index (χ0v) is 5.66. The van der Waals surface area contributed by atoms with E-state index in [1.165, 1.54) is 6.21 Å². The molecule has 9 heavy (non-hydrogen) atoms. The molecule has 0 heterocycles. The van der Waals surface area contributed by atoms with E-state index in [1.54, 1.807) is 13.2 Å². The van der Waals surface area contributed by atoms with Crippen molar-refractivity contribution >= 4 is 6.21 Å². The molecule has 1 N–H and O–H groups in total. The van der Waals surface area contributed by atoms with Crippen LogP contribution in [0.2, 0.25) is 0 Å². The van der Waals surface area contributed by atoms with Gasteiger partial charge in [0.2, 0.25) is 0 Å². The molecular formula is C6H11NO2. The molecule has 0 unspecified atom stereocenters. The van der Waals surface area contributed by atoms with Gasteiger partial charge >= 0.3 is 0 Å². The molecule has 0 radical (unpaired) electrons. The van der Waals surface area contributed by atoms with Crippen LogP contribution < -0.4 is 0 Å². The minimum absolute atomic E-state index is 0.636. The van der Waals surface area contributed by atoms with Crippen LogP contribution in [0.4, 0.5) is 0 Å². The smallest absolute Gasteiger partial charge is 0.0874 e. The highest BCUT2D eigenvalue weighted by Gasteiger charge is 1.79. The zero-order chi connectivity index (χ0) is 7.11. The molecule has 0 aliphatic carbocycles. The Kier molecular flexibility index (Phi) is 4.59. The quantitative estimate of drug-likeness (QED) is 0.271. The van der Waals surface area contributed by atoms with Crippen LogP contribution in [0.15, 0.2) is 17.0 Å². The fourth-order valence-corrected chi connectivity index (χ4v) is 0.336. The molecule has 0 amide bonds. The maximum atomic E-state index is 8.01. The topological polar surface area (TPSA) is 41.8 Å². The maximum Gasteiger partial charge on any atom is 0.0874 e. The summed E-state index contributed by atoms with van der Waals surface area (Å²) in [7, 11) is 0. The second-order valence-corrected chi connectivity index (χ2v) is 1.56. The molecule has 0 aromatic rings. The van der Waals surface area contributed by atoms with Gasteiger partial charge in [-0.05, 0) is 13.8 Å². The summed E-state index contributed by atoms with van der Waals surface area (Å²) in [6.45, 7) is 4.31. The van der Waals surface area contributed by atoms with E-state index in [2.05, 4.69) is 5.16 Å². The molecule has 0 rings (SSSR count). The summed E-state index contributed by atoms with van der Waals surface area (Å²) < 4.78 is 4.88. The molecule has 0 saturated carbocycles. The van der Waals surface area contributed by atoms with Crippen molar-refractivity contribution in [3.8, 4) is 0 Å². The van der Waals surface area contributed by atoms with Crippen LogP contribution in [-0.2, 0) is 4.74 Å². The van der Waals surface area contributed by atoms with Gasteiger partial charge in [0.25, 0.3) is 0 Å². The molecule has 0 bridgehead atoms. The molecule has 52 valence electrons. The van der Waals surface area contributed by atoms with E-state index in [0.29, 0.717) is 6.61 Å². The Morgan fingerprint density at radius 1 is 1.78 bits per heavy atom. The van der Waals surface area contributed by atoms with E-state index in [-0.39, 0.29) is 0 Å². The Balaban J connectivity index is 3.55. The van der Waals surface area contributed by atoms with Crippen LogP contribution in [0.3, 0.4) is 0 Å². The number of hydrogen-bond acceptors (Lipinski definition) is 3. The fourth-order valence-electron chi connectivity index (χ4n) is 0.336. The van der Waals surface area contributed by atoms with Crippen molar-refractivity contribution in [2.24, 2.45) is 5.16 Å². The largest absolute Gasteiger partial charge is 0.501 e. The molecule has 3 heteroatoms. The van der Waals surface area contributed by atoms with Crippen LogP contribution in [0, 0.1) is 0 Å². The van der Waals surface area contributed by atoms with Gasteiger partial charge in [0.1, 0.15) is 0 Å². The van der Waals surface area contributed by atoms with Crippen molar-refractivity contribution in [1.82, 2.24) is 0 Å². The third-order valence-electron chi connectivity index (χ3n) is 0.697. The number of rotatable bonds is 3. The van der Waals surface area contributed by atoms with Gasteiger partial charge < -0.3 is 9.94 Å². The molecule has 0 saturated heterocycles. The number of ether oxygens (including phenoxy) is 1. The van der Waals surface area contributed by atoms with Crippen LogP contribution in [-0.4, -0.2) is 18.0 Å². The van der Waals surface area contributed by atoms with E-state index in [1.807, 2.05) is 6.92 Å². The van der Waals surface area contributed by atoms with Gasteiger partial charge in [-0.1, -0.05) is 5.16 Å². The van der Waals surface area contributed by atoms with Crippen molar-refractivity contribution in [3.63, 3.8) is 0 Å². The first-order valence-corrected chi connectivity index (χ1v) is 2.77. The monoisotopic (exact) mass is 129 g/mol. The first kappa shape index (κ1) is 8.01. The van der Waals surface area contributed by atoms with Gasteiger partial charge in [0, 0.05) is 5.57 Å². The Labute approximate surface area is 54.6 Å². The van der Waals surface area contributed by atoms with Crippen LogP contribution in [0.25, 0.3) is 0 Å². The second kappa shape index (κ2) is 5.15. The minimum atomic E-state index is 0.636. The van der Waals surface area contributed by atoms with Crippen LogP contribution >= 0.6 is 0 Å². The Morgan fingerprint density at radius 3 is 2.89 bits per heavy atom. The summed E-state index contributed by atoms with van der Waals surface area (Å²) in [5, 5.41) is 10.8. The summed E-state index contributed by atoms with van der Waals surface area (Å²) >= 11 is 0. The van der Waals surface area contributed by atoms with Gasteiger partial charge in [-0.2, -0.15) is 0 Å². The fraction of sp³-hybridized carbons (Fsp3) is 0.500. The average molecular weight is 129 g/mol. The summed E-state index contributed by atoms with van der Waals surface area (Å²) in [6.07, 6.45) is 2.86. The summed E-state index contributed by atoms with van der Waals surface area (Å²) in [6, 6.07) is 0. The summed E-state index contributed by atoms with van der Waals surface area (Å²) in [5.41, 5.74) is 0.791. The molecule has 0 aliphatic heterocycles. The zero-order valence-electron chi connectivity index (χ0n) is 5.66. The molecular weight excluding hydrogens is 118 g/mol. The van der Waals surface area contributed by atoms with E-state index >= 15 is 0 Å². The van der Waals surface area contributed by atoms with Crippen molar-refractivity contribution in [2.45, 2.75) is 13.8 Å². The van der Waals surface area contributed by atoms with Crippen LogP contribution in [0.5, 0.6) is 0 Å². The molecule has 0 spiro atoms. The summed E-state index contributed by atoms with van der Waals surface area (Å²) in [5.74, 6) is 0. The van der Waals surface area contributed by atoms with Gasteiger partial charge in [0.15, 0.2) is 0 Å². The Morgan fingerprint density at radius 2 is 2.44 bits per heavy atom. The lowest BCUT2D eigenvalue weighted by Gasteiger charge is -1.92. The highest BCUT2D eigenvalue weighted by atomic mass is 16.5. The molecule has 0 aromatic carbocycles. The van der Waals surface area contributed by atoms with E-state index in [0.717, 1.165) is 5.57 Å². The van der Waals surface area contributed by atoms with Crippen molar-refractivity contribution < 1.29 is 9.94 Å². The minimum Gasteiger partial charge on any atom is -0.501 e. The van der Waals surface area contributed by atoms with Crippen molar-refractivity contribution in [3.05, 3.63) is 11.8 Å². The molecule has 0 aromatic heterocycles. The highest BCUT2D eigenvalue weighted by molar-refractivity contribution is 5.76. The van der Waals surface area contributed by atoms with Gasteiger partial charge in [-0.15, -0.1) is 0 Å². The standard InChI is InChI=1S/C6H11NO2/c1-3-9-5-6(2)4-7-8/h4-5,8H,3H2,1-2H3/b6-5+,7-4+. The van der Waals surface area contributed by atoms with Crippen molar-refractivity contribution in [2.75, 3.05) is 6.61 Å². The Bertz CT molecular complexity index is 118. The second-order valence-electron chi connectivity index (χ2n) is 1.56. The number of allylic oxidation sites excluding steroid dienone is 1. The molecule has 0 aliphatic rings. The number of oxime groups is 1. The first-order valence-electron chi connectivity index (χ1n) is 2.77. The average Bonchev–Trinajstić information content (AvgIpc) is 1.85. The van der Waals surface area contributed by atoms with Gasteiger partial charge in [-0.3, -0.25) is 0 Å². The SMILES string of the molecule is CCO/C=C(C)/C=N/O. The molecule has 0 fully saturated rings. The molecule has 3 nitrogen and oxygen atoms in total. The van der Waals surface area contributed by atoms with Gasteiger partial charge in [-0.25, -0.2) is 0 Å². The maximum absolute atomic E-state index is 8.01. The number of hydrogen-bond donors (Lipinski definition) is 1. The van der Waals surface area contributed by atoms with E-state index < -0.39 is 0 Å². The number of nitrogens with zero attached hydrogens (tertiary/aromatic N) is 1. The van der Waals surface area contributed by atoms with Crippen molar-refractivity contribution in [1.29, 1.82) is 0 Å². The molecule has 0 atom stereocenters. The van der Waals surface area contributed by atoms with E-state index in [4.69, 9.17) is 9.94 Å².